The first-order valence-corrected chi connectivity index (χ1v) is 4.37. The lowest BCUT2D eigenvalue weighted by molar-refractivity contribution is 0.229. The van der Waals surface area contributed by atoms with Crippen molar-refractivity contribution in [1.29, 1.82) is 0 Å². The summed E-state index contributed by atoms with van der Waals surface area (Å²) in [6.07, 6.45) is 1.90. The summed E-state index contributed by atoms with van der Waals surface area (Å²) in [7, 11) is 0. The minimum Gasteiger partial charge on any atom is -0.493 e. The quantitative estimate of drug-likeness (QED) is 0.697. The van der Waals surface area contributed by atoms with Gasteiger partial charge in [0, 0.05) is 6.42 Å². The van der Waals surface area contributed by atoms with Crippen LogP contribution in [0.4, 0.5) is 0 Å². The van der Waals surface area contributed by atoms with Crippen LogP contribution in [0.1, 0.15) is 17.2 Å². The van der Waals surface area contributed by atoms with Gasteiger partial charge >= 0.3 is 0 Å². The molecule has 2 rings (SSSR count). The molecule has 68 valence electrons. The lowest BCUT2D eigenvalue weighted by Crippen LogP contribution is -1.92. The number of hydrogen-bond acceptors (Lipinski definition) is 2. The molecule has 0 saturated heterocycles. The highest BCUT2D eigenvalue weighted by Crippen LogP contribution is 2.28. The van der Waals surface area contributed by atoms with E-state index < -0.39 is 6.10 Å². The second-order valence-electron chi connectivity index (χ2n) is 3.15. The predicted octanol–water partition coefficient (Wildman–Crippen LogP) is 1.84. The number of fused-ring (bicyclic) bond motifs is 1. The zero-order chi connectivity index (χ0) is 9.26. The summed E-state index contributed by atoms with van der Waals surface area (Å²) in [5, 5.41) is 9.50. The third-order valence-corrected chi connectivity index (χ3v) is 2.28. The number of aliphatic hydroxyl groups excluding tert-OH is 1. The third-order valence-electron chi connectivity index (χ3n) is 2.28. The molecule has 2 nitrogen and oxygen atoms in total. The van der Waals surface area contributed by atoms with Gasteiger partial charge in [-0.2, -0.15) is 0 Å². The van der Waals surface area contributed by atoms with E-state index in [-0.39, 0.29) is 0 Å². The first-order valence-electron chi connectivity index (χ1n) is 4.37. The second kappa shape index (κ2) is 3.23. The maximum absolute atomic E-state index is 9.50. The summed E-state index contributed by atoms with van der Waals surface area (Å²) in [6, 6.07) is 5.76. The normalized spacial score (nSPS) is 16.1. The van der Waals surface area contributed by atoms with E-state index in [1.54, 1.807) is 0 Å². The molecular formula is C11H12O2. The lowest BCUT2D eigenvalue weighted by Gasteiger charge is -2.06. The molecular weight excluding hydrogens is 164 g/mol. The summed E-state index contributed by atoms with van der Waals surface area (Å²) in [4.78, 5) is 0. The van der Waals surface area contributed by atoms with Gasteiger partial charge in [-0.25, -0.2) is 0 Å². The smallest absolute Gasteiger partial charge is 0.122 e. The Morgan fingerprint density at radius 1 is 1.54 bits per heavy atom. The van der Waals surface area contributed by atoms with E-state index >= 15 is 0 Å². The van der Waals surface area contributed by atoms with Gasteiger partial charge in [-0.3, -0.25) is 0 Å². The van der Waals surface area contributed by atoms with Crippen LogP contribution in [-0.2, 0) is 6.42 Å². The molecule has 0 aliphatic carbocycles. The summed E-state index contributed by atoms with van der Waals surface area (Å²) in [5.41, 5.74) is 2.07. The molecule has 2 heteroatoms. The highest BCUT2D eigenvalue weighted by molar-refractivity contribution is 5.41. The van der Waals surface area contributed by atoms with Crippen molar-refractivity contribution < 1.29 is 9.84 Å². The highest BCUT2D eigenvalue weighted by atomic mass is 16.5. The van der Waals surface area contributed by atoms with E-state index in [1.165, 1.54) is 11.6 Å². The van der Waals surface area contributed by atoms with Crippen molar-refractivity contribution in [2.24, 2.45) is 0 Å². The monoisotopic (exact) mass is 176 g/mol. The zero-order valence-corrected chi connectivity index (χ0v) is 7.36. The first-order chi connectivity index (χ1) is 6.31. The SMILES string of the molecule is C=CC(O)c1ccc2c(c1)CCO2. The first kappa shape index (κ1) is 8.32. The van der Waals surface area contributed by atoms with Crippen molar-refractivity contribution in [1.82, 2.24) is 0 Å². The molecule has 1 aliphatic heterocycles. The molecule has 1 heterocycles. The van der Waals surface area contributed by atoms with Crippen LogP contribution in [0.25, 0.3) is 0 Å². The number of rotatable bonds is 2. The number of aliphatic hydroxyl groups is 1. The van der Waals surface area contributed by atoms with E-state index in [2.05, 4.69) is 6.58 Å². The van der Waals surface area contributed by atoms with Crippen molar-refractivity contribution in [2.75, 3.05) is 6.61 Å². The Labute approximate surface area is 77.5 Å². The molecule has 1 atom stereocenters. The van der Waals surface area contributed by atoms with E-state index in [0.29, 0.717) is 0 Å². The average molecular weight is 176 g/mol. The number of ether oxygens (including phenoxy) is 1. The fraction of sp³-hybridized carbons (Fsp3) is 0.273. The molecule has 1 aliphatic rings. The van der Waals surface area contributed by atoms with E-state index in [0.717, 1.165) is 24.3 Å². The number of benzene rings is 1. The van der Waals surface area contributed by atoms with Crippen molar-refractivity contribution in [3.63, 3.8) is 0 Å². The number of hydrogen-bond donors (Lipinski definition) is 1. The Morgan fingerprint density at radius 2 is 2.38 bits per heavy atom. The molecule has 0 spiro atoms. The molecule has 1 aromatic rings. The molecule has 1 unspecified atom stereocenters. The van der Waals surface area contributed by atoms with Crippen molar-refractivity contribution in [2.45, 2.75) is 12.5 Å². The molecule has 0 saturated carbocycles. The van der Waals surface area contributed by atoms with Crippen LogP contribution < -0.4 is 4.74 Å². The Morgan fingerprint density at radius 3 is 3.15 bits per heavy atom. The van der Waals surface area contributed by atoms with Crippen molar-refractivity contribution in [3.8, 4) is 5.75 Å². The van der Waals surface area contributed by atoms with Crippen LogP contribution in [0.3, 0.4) is 0 Å². The van der Waals surface area contributed by atoms with E-state index in [1.807, 2.05) is 18.2 Å². The molecule has 0 radical (unpaired) electrons. The maximum Gasteiger partial charge on any atom is 0.122 e. The Kier molecular flexibility index (Phi) is 2.07. The highest BCUT2D eigenvalue weighted by Gasteiger charge is 2.13. The van der Waals surface area contributed by atoms with Crippen LogP contribution in [0.5, 0.6) is 5.75 Å². The lowest BCUT2D eigenvalue weighted by atomic mass is 10.0. The molecule has 1 N–H and O–H groups in total. The minimum atomic E-state index is -0.564. The van der Waals surface area contributed by atoms with Crippen LogP contribution in [-0.4, -0.2) is 11.7 Å². The topological polar surface area (TPSA) is 29.5 Å². The fourth-order valence-corrected chi connectivity index (χ4v) is 1.53. The van der Waals surface area contributed by atoms with Gasteiger partial charge in [-0.05, 0) is 23.3 Å². The summed E-state index contributed by atoms with van der Waals surface area (Å²) >= 11 is 0. The van der Waals surface area contributed by atoms with Crippen LogP contribution in [0, 0.1) is 0 Å². The zero-order valence-electron chi connectivity index (χ0n) is 7.36. The Balaban J connectivity index is 2.35. The molecule has 0 fully saturated rings. The Hall–Kier alpha value is -1.28. The molecule has 1 aromatic carbocycles. The second-order valence-corrected chi connectivity index (χ2v) is 3.15. The third kappa shape index (κ3) is 1.45. The van der Waals surface area contributed by atoms with Crippen LogP contribution in [0.2, 0.25) is 0 Å². The summed E-state index contributed by atoms with van der Waals surface area (Å²) in [5.74, 6) is 0.944. The maximum atomic E-state index is 9.50. The van der Waals surface area contributed by atoms with Gasteiger partial charge in [0.25, 0.3) is 0 Å². The average Bonchev–Trinajstić information content (AvgIpc) is 2.63. The summed E-state index contributed by atoms with van der Waals surface area (Å²) < 4.78 is 5.36. The van der Waals surface area contributed by atoms with Gasteiger partial charge in [0.1, 0.15) is 5.75 Å². The van der Waals surface area contributed by atoms with Gasteiger partial charge in [-0.15, -0.1) is 6.58 Å². The Bertz CT molecular complexity index is 331. The van der Waals surface area contributed by atoms with E-state index in [4.69, 9.17) is 4.74 Å². The van der Waals surface area contributed by atoms with Gasteiger partial charge in [-0.1, -0.05) is 12.1 Å². The molecule has 13 heavy (non-hydrogen) atoms. The minimum absolute atomic E-state index is 0.564. The van der Waals surface area contributed by atoms with Gasteiger partial charge in [0.15, 0.2) is 0 Å². The van der Waals surface area contributed by atoms with Crippen molar-refractivity contribution in [3.05, 3.63) is 42.0 Å². The molecule has 0 amide bonds. The van der Waals surface area contributed by atoms with E-state index in [9.17, 15) is 5.11 Å². The van der Waals surface area contributed by atoms with Crippen LogP contribution >= 0.6 is 0 Å². The molecule has 0 bridgehead atoms. The van der Waals surface area contributed by atoms with Crippen LogP contribution in [0.15, 0.2) is 30.9 Å². The summed E-state index contributed by atoms with van der Waals surface area (Å²) in [6.45, 7) is 4.30. The predicted molar refractivity (Wildman–Crippen MR) is 50.8 cm³/mol. The van der Waals surface area contributed by atoms with Gasteiger partial charge in [0.05, 0.1) is 12.7 Å². The molecule has 0 aromatic heterocycles. The fourth-order valence-electron chi connectivity index (χ4n) is 1.53. The standard InChI is InChI=1S/C11H12O2/c1-2-10(12)8-3-4-11-9(7-8)5-6-13-11/h2-4,7,10,12H,1,5-6H2. The van der Waals surface area contributed by atoms with Gasteiger partial charge < -0.3 is 9.84 Å². The largest absolute Gasteiger partial charge is 0.493 e. The van der Waals surface area contributed by atoms with Crippen molar-refractivity contribution >= 4 is 0 Å². The van der Waals surface area contributed by atoms with Gasteiger partial charge in [0.2, 0.25) is 0 Å².